The van der Waals surface area contributed by atoms with Crippen molar-refractivity contribution in [2.45, 2.75) is 46.4 Å². The Balaban J connectivity index is 1.52. The van der Waals surface area contributed by atoms with Gasteiger partial charge in [-0.1, -0.05) is 42.5 Å². The van der Waals surface area contributed by atoms with E-state index in [4.69, 9.17) is 4.74 Å². The van der Waals surface area contributed by atoms with E-state index in [-0.39, 0.29) is 6.04 Å². The Morgan fingerprint density at radius 1 is 1.10 bits per heavy atom. The molecule has 1 heterocycles. The summed E-state index contributed by atoms with van der Waals surface area (Å²) in [4.78, 5) is 4.38. The second-order valence-electron chi connectivity index (χ2n) is 7.87. The molecule has 3 aromatic rings. The third-order valence-corrected chi connectivity index (χ3v) is 5.38. The van der Waals surface area contributed by atoms with Gasteiger partial charge in [0.25, 0.3) is 0 Å². The maximum absolute atomic E-state index is 5.94. The minimum Gasteiger partial charge on any atom is -0.489 e. The average molecular weight is 420 g/mol. The van der Waals surface area contributed by atoms with Crippen molar-refractivity contribution in [1.82, 2.24) is 20.4 Å². The van der Waals surface area contributed by atoms with Crippen LogP contribution in [-0.2, 0) is 26.6 Å². The Labute approximate surface area is 185 Å². The van der Waals surface area contributed by atoms with E-state index in [9.17, 15) is 0 Å². The molecule has 0 spiro atoms. The van der Waals surface area contributed by atoms with Gasteiger partial charge in [-0.3, -0.25) is 9.67 Å². The summed E-state index contributed by atoms with van der Waals surface area (Å²) in [6.07, 6.45) is 0.898. The summed E-state index contributed by atoms with van der Waals surface area (Å²) in [5, 5.41) is 11.4. The van der Waals surface area contributed by atoms with Crippen LogP contribution in [0.2, 0.25) is 0 Å². The highest BCUT2D eigenvalue weighted by Gasteiger charge is 2.14. The van der Waals surface area contributed by atoms with Gasteiger partial charge in [-0.25, -0.2) is 0 Å². The number of hydrogen-bond donors (Lipinski definition) is 2. The molecule has 31 heavy (non-hydrogen) atoms. The normalized spacial score (nSPS) is 12.5. The first-order valence-electron chi connectivity index (χ1n) is 10.7. The molecule has 0 aliphatic heterocycles. The fraction of sp³-hybridized carbons (Fsp3) is 0.360. The van der Waals surface area contributed by atoms with Gasteiger partial charge in [-0.05, 0) is 56.0 Å². The highest BCUT2D eigenvalue weighted by molar-refractivity contribution is 5.79. The number of nitrogens with zero attached hydrogens (tertiary/aromatic N) is 3. The van der Waals surface area contributed by atoms with Gasteiger partial charge >= 0.3 is 0 Å². The van der Waals surface area contributed by atoms with Crippen molar-refractivity contribution in [2.24, 2.45) is 12.0 Å². The van der Waals surface area contributed by atoms with Crippen LogP contribution in [0.25, 0.3) is 0 Å². The van der Waals surface area contributed by atoms with Gasteiger partial charge in [0.05, 0.1) is 5.69 Å². The molecular formula is C25H33N5O. The molecule has 1 unspecified atom stereocenters. The fourth-order valence-corrected chi connectivity index (χ4v) is 3.57. The van der Waals surface area contributed by atoms with Crippen molar-refractivity contribution in [3.63, 3.8) is 0 Å². The Bertz CT molecular complexity index is 1010. The second-order valence-corrected chi connectivity index (χ2v) is 7.87. The lowest BCUT2D eigenvalue weighted by molar-refractivity contribution is 0.306. The van der Waals surface area contributed by atoms with E-state index in [0.717, 1.165) is 35.0 Å². The Hall–Kier alpha value is -3.28. The molecule has 2 aromatic carbocycles. The van der Waals surface area contributed by atoms with Gasteiger partial charge in [0.15, 0.2) is 5.96 Å². The molecule has 0 fully saturated rings. The molecule has 0 saturated carbocycles. The zero-order chi connectivity index (χ0) is 22.2. The van der Waals surface area contributed by atoms with Gasteiger partial charge < -0.3 is 15.4 Å². The quantitative estimate of drug-likeness (QED) is 0.429. The van der Waals surface area contributed by atoms with E-state index in [1.54, 1.807) is 7.05 Å². The first kappa shape index (κ1) is 22.4. The maximum atomic E-state index is 5.94. The van der Waals surface area contributed by atoms with Crippen LogP contribution in [0.5, 0.6) is 5.75 Å². The number of aromatic nitrogens is 2. The highest BCUT2D eigenvalue weighted by Crippen LogP contribution is 2.16. The van der Waals surface area contributed by atoms with Crippen LogP contribution in [0, 0.1) is 13.8 Å². The minimum atomic E-state index is 0.230. The summed E-state index contributed by atoms with van der Waals surface area (Å²) in [5.41, 5.74) is 5.88. The van der Waals surface area contributed by atoms with Crippen LogP contribution in [0.3, 0.4) is 0 Å². The highest BCUT2D eigenvalue weighted by atomic mass is 16.5. The Morgan fingerprint density at radius 3 is 2.52 bits per heavy atom. The van der Waals surface area contributed by atoms with Gasteiger partial charge in [0.1, 0.15) is 12.4 Å². The van der Waals surface area contributed by atoms with Crippen LogP contribution < -0.4 is 15.4 Å². The minimum absolute atomic E-state index is 0.230. The summed E-state index contributed by atoms with van der Waals surface area (Å²) in [6.45, 7) is 7.57. The van der Waals surface area contributed by atoms with Crippen molar-refractivity contribution in [2.75, 3.05) is 7.05 Å². The predicted octanol–water partition coefficient (Wildman–Crippen LogP) is 3.91. The zero-order valence-electron chi connectivity index (χ0n) is 19.1. The number of rotatable bonds is 8. The maximum Gasteiger partial charge on any atom is 0.191 e. The van der Waals surface area contributed by atoms with Gasteiger partial charge in [-0.15, -0.1) is 0 Å². The molecule has 164 valence electrons. The number of guanidine groups is 1. The van der Waals surface area contributed by atoms with E-state index in [1.807, 2.05) is 42.1 Å². The SMILES string of the molecule is CN=C(NCc1cccc(OCc2ccccc2)c1)NC(C)Cc1c(C)nn(C)c1C. The van der Waals surface area contributed by atoms with Crippen molar-refractivity contribution in [3.05, 3.63) is 82.7 Å². The molecule has 0 bridgehead atoms. The Morgan fingerprint density at radius 2 is 1.84 bits per heavy atom. The molecule has 2 N–H and O–H groups in total. The van der Waals surface area contributed by atoms with E-state index < -0.39 is 0 Å². The first-order valence-corrected chi connectivity index (χ1v) is 10.7. The lowest BCUT2D eigenvalue weighted by Gasteiger charge is -2.18. The van der Waals surface area contributed by atoms with Crippen LogP contribution in [0.15, 0.2) is 59.6 Å². The molecule has 0 saturated heterocycles. The van der Waals surface area contributed by atoms with Gasteiger partial charge in [-0.2, -0.15) is 5.10 Å². The summed E-state index contributed by atoms with van der Waals surface area (Å²) in [5.74, 6) is 1.64. The molecule has 6 heteroatoms. The number of benzene rings is 2. The second kappa shape index (κ2) is 10.7. The third-order valence-electron chi connectivity index (χ3n) is 5.38. The number of aliphatic imine (C=N–C) groups is 1. The van der Waals surface area contributed by atoms with Crippen molar-refractivity contribution in [1.29, 1.82) is 0 Å². The van der Waals surface area contributed by atoms with Crippen molar-refractivity contribution >= 4 is 5.96 Å². The fourth-order valence-electron chi connectivity index (χ4n) is 3.57. The molecular weight excluding hydrogens is 386 g/mol. The van der Waals surface area contributed by atoms with Crippen LogP contribution in [-0.4, -0.2) is 28.8 Å². The zero-order valence-corrected chi connectivity index (χ0v) is 19.1. The third kappa shape index (κ3) is 6.35. The molecule has 6 nitrogen and oxygen atoms in total. The van der Waals surface area contributed by atoms with Gasteiger partial charge in [0, 0.05) is 32.4 Å². The first-order chi connectivity index (χ1) is 15.0. The lowest BCUT2D eigenvalue weighted by Crippen LogP contribution is -2.42. The number of aryl methyl sites for hydroxylation is 2. The van der Waals surface area contributed by atoms with E-state index in [1.165, 1.54) is 11.3 Å². The standard InChI is InChI=1S/C25H33N5O/c1-18(14-24-19(2)29-30(5)20(24)3)28-25(26-4)27-16-22-12-9-13-23(15-22)31-17-21-10-7-6-8-11-21/h6-13,15,18H,14,16-17H2,1-5H3,(H2,26,27,28). The van der Waals surface area contributed by atoms with E-state index >= 15 is 0 Å². The number of ether oxygens (including phenoxy) is 1. The molecule has 0 aliphatic carbocycles. The lowest BCUT2D eigenvalue weighted by atomic mass is 10.1. The van der Waals surface area contributed by atoms with Crippen molar-refractivity contribution < 1.29 is 4.74 Å². The Kier molecular flexibility index (Phi) is 7.70. The molecule has 0 amide bonds. The van der Waals surface area contributed by atoms with Crippen LogP contribution in [0.4, 0.5) is 0 Å². The van der Waals surface area contributed by atoms with Crippen LogP contribution in [0.1, 0.15) is 35.0 Å². The summed E-state index contributed by atoms with van der Waals surface area (Å²) >= 11 is 0. The monoisotopic (exact) mass is 419 g/mol. The smallest absolute Gasteiger partial charge is 0.191 e. The molecule has 1 atom stereocenters. The number of nitrogens with one attached hydrogen (secondary N) is 2. The molecule has 0 radical (unpaired) electrons. The number of hydrogen-bond acceptors (Lipinski definition) is 3. The van der Waals surface area contributed by atoms with E-state index in [0.29, 0.717) is 13.2 Å². The summed E-state index contributed by atoms with van der Waals surface area (Å²) in [7, 11) is 3.78. The largest absolute Gasteiger partial charge is 0.489 e. The summed E-state index contributed by atoms with van der Waals surface area (Å²) < 4.78 is 7.88. The molecule has 0 aliphatic rings. The van der Waals surface area contributed by atoms with E-state index in [2.05, 4.69) is 65.8 Å². The van der Waals surface area contributed by atoms with Crippen molar-refractivity contribution in [3.8, 4) is 5.75 Å². The summed E-state index contributed by atoms with van der Waals surface area (Å²) in [6, 6.07) is 18.6. The predicted molar refractivity (Wildman–Crippen MR) is 126 cm³/mol. The topological polar surface area (TPSA) is 63.5 Å². The van der Waals surface area contributed by atoms with Crippen LogP contribution >= 0.6 is 0 Å². The molecule has 1 aromatic heterocycles. The van der Waals surface area contributed by atoms with Gasteiger partial charge in [0.2, 0.25) is 0 Å². The molecule has 3 rings (SSSR count). The average Bonchev–Trinajstić information content (AvgIpc) is 3.02.